The molecule has 1 rings (SSSR count). The molecule has 0 saturated heterocycles. The summed E-state index contributed by atoms with van der Waals surface area (Å²) >= 11 is -2.31. The molecule has 0 amide bonds. The molecule has 0 radical (unpaired) electrons. The number of unbranched alkanes of at least 4 members (excludes halogenated alkanes) is 3. The molecule has 0 atom stereocenters. The van der Waals surface area contributed by atoms with Crippen molar-refractivity contribution in [3.63, 3.8) is 0 Å². The molecule has 0 fully saturated rings. The topological polar surface area (TPSA) is 17.1 Å². The Hall–Kier alpha value is -0.571. The van der Waals surface area contributed by atoms with Crippen LogP contribution in [-0.2, 0) is 0 Å². The van der Waals surface area contributed by atoms with Crippen LogP contribution in [0.5, 0.6) is 0 Å². The number of hydrogen-bond acceptors (Lipinski definition) is 1. The number of allylic oxidation sites excluding steroid dienone is 1. The van der Waals surface area contributed by atoms with Crippen LogP contribution in [0.25, 0.3) is 0 Å². The zero-order valence-corrected chi connectivity index (χ0v) is 18.2. The third-order valence-corrected chi connectivity index (χ3v) is 18.8. The van der Waals surface area contributed by atoms with Gasteiger partial charge in [0.15, 0.2) is 0 Å². The molecule has 1 aromatic rings. The van der Waals surface area contributed by atoms with Crippen molar-refractivity contribution in [3.05, 3.63) is 46.1 Å². The summed E-state index contributed by atoms with van der Waals surface area (Å²) in [5.74, 6) is 0.191. The Kier molecular flexibility index (Phi) is 10.6. The number of carbonyl (C=O) groups excluding carboxylic acids is 1. The Balaban J connectivity index is 2.90. The van der Waals surface area contributed by atoms with Gasteiger partial charge in [0.1, 0.15) is 0 Å². The van der Waals surface area contributed by atoms with Crippen molar-refractivity contribution in [1.29, 1.82) is 0 Å². The second kappa shape index (κ2) is 11.9. The maximum absolute atomic E-state index is 12.5. The monoisotopic (exact) mass is 422 g/mol. The van der Waals surface area contributed by atoms with Gasteiger partial charge in [0, 0.05) is 0 Å². The van der Waals surface area contributed by atoms with E-state index in [1.807, 2.05) is 36.4 Å². The van der Waals surface area contributed by atoms with Gasteiger partial charge in [0.05, 0.1) is 0 Å². The van der Waals surface area contributed by atoms with Crippen molar-refractivity contribution in [3.8, 4) is 0 Å². The molecule has 2 heteroatoms. The molecule has 0 aliphatic carbocycles. The van der Waals surface area contributed by atoms with Gasteiger partial charge < -0.3 is 0 Å². The third-order valence-electron chi connectivity index (χ3n) is 4.73. The minimum absolute atomic E-state index is 0.191. The number of benzene rings is 1. The number of carbonyl (C=O) groups is 1. The van der Waals surface area contributed by atoms with Crippen LogP contribution >= 0.6 is 0 Å². The summed E-state index contributed by atoms with van der Waals surface area (Å²) in [5, 5.41) is 0. The second-order valence-electron chi connectivity index (χ2n) is 6.74. The minimum atomic E-state index is -2.31. The predicted molar refractivity (Wildman–Crippen MR) is 105 cm³/mol. The zero-order chi connectivity index (χ0) is 17.0. The number of ketones is 1. The second-order valence-corrected chi connectivity index (χ2v) is 19.7. The van der Waals surface area contributed by atoms with Crippen molar-refractivity contribution in [2.45, 2.75) is 72.6 Å². The third kappa shape index (κ3) is 7.69. The van der Waals surface area contributed by atoms with Crippen LogP contribution in [0.4, 0.5) is 0 Å². The van der Waals surface area contributed by atoms with Gasteiger partial charge in [-0.05, 0) is 0 Å². The first-order valence-corrected chi connectivity index (χ1v) is 17.2. The van der Waals surface area contributed by atoms with Gasteiger partial charge in [0.25, 0.3) is 0 Å². The Bertz CT molecular complexity index is 442. The van der Waals surface area contributed by atoms with E-state index in [9.17, 15) is 4.79 Å². The average molecular weight is 421 g/mol. The molecule has 0 aliphatic rings. The van der Waals surface area contributed by atoms with Crippen LogP contribution in [0.2, 0.25) is 13.3 Å². The summed E-state index contributed by atoms with van der Waals surface area (Å²) in [5.41, 5.74) is 0.824. The zero-order valence-electron chi connectivity index (χ0n) is 15.3. The maximum atomic E-state index is 12.5. The molecule has 0 unspecified atom stereocenters. The van der Waals surface area contributed by atoms with Crippen LogP contribution in [0.15, 0.2) is 40.5 Å². The quantitative estimate of drug-likeness (QED) is 0.206. The molecular weight excluding hydrogens is 387 g/mol. The van der Waals surface area contributed by atoms with E-state index >= 15 is 0 Å². The summed E-state index contributed by atoms with van der Waals surface area (Å²) in [4.78, 5) is 12.5. The summed E-state index contributed by atoms with van der Waals surface area (Å²) in [6.07, 6.45) is 9.78. The molecule has 0 heterocycles. The molecule has 1 nitrogen and oxygen atoms in total. The van der Waals surface area contributed by atoms with Gasteiger partial charge in [-0.3, -0.25) is 0 Å². The Morgan fingerprint density at radius 3 is 1.78 bits per heavy atom. The van der Waals surface area contributed by atoms with E-state index in [-0.39, 0.29) is 5.78 Å². The summed E-state index contributed by atoms with van der Waals surface area (Å²) in [7, 11) is 0. The van der Waals surface area contributed by atoms with Crippen LogP contribution in [-0.4, -0.2) is 24.2 Å². The van der Waals surface area contributed by atoms with Crippen LogP contribution in [0.1, 0.15) is 69.7 Å². The SMILES string of the molecule is CCC[CH2][Sn]([CH]=CC(=O)c1ccccc1)([CH2]CCC)[CH2]CCC. The van der Waals surface area contributed by atoms with Gasteiger partial charge >= 0.3 is 148 Å². The fraction of sp³-hybridized carbons (Fsp3) is 0.571. The Morgan fingerprint density at radius 1 is 0.870 bits per heavy atom. The van der Waals surface area contributed by atoms with Gasteiger partial charge in [0.2, 0.25) is 0 Å². The van der Waals surface area contributed by atoms with E-state index < -0.39 is 18.4 Å². The first kappa shape index (κ1) is 20.5. The van der Waals surface area contributed by atoms with Crippen LogP contribution in [0, 0.1) is 0 Å². The number of hydrogen-bond donors (Lipinski definition) is 0. The average Bonchev–Trinajstić information content (AvgIpc) is 2.61. The molecule has 0 aromatic heterocycles. The Labute approximate surface area is 147 Å². The molecule has 0 saturated carbocycles. The fourth-order valence-electron chi connectivity index (χ4n) is 3.16. The molecule has 0 bridgehead atoms. The molecule has 1 aromatic carbocycles. The predicted octanol–water partition coefficient (Wildman–Crippen LogP) is 6.81. The molecular formula is C21H34OSn. The number of rotatable bonds is 12. The van der Waals surface area contributed by atoms with E-state index in [1.165, 1.54) is 51.8 Å². The molecule has 0 N–H and O–H groups in total. The van der Waals surface area contributed by atoms with Crippen molar-refractivity contribution in [2.24, 2.45) is 0 Å². The first-order chi connectivity index (χ1) is 11.2. The standard InChI is InChI=1S/C9H7O.3C4H9.Sn/c1-2-9(10)8-6-4-3-5-7-8;3*1-3-4-2;/h1-7H;3*1,3-4H2,2H3;. The molecule has 128 valence electrons. The Morgan fingerprint density at radius 2 is 1.35 bits per heavy atom. The summed E-state index contributed by atoms with van der Waals surface area (Å²) in [6, 6.07) is 9.71. The van der Waals surface area contributed by atoms with Crippen LogP contribution in [0.3, 0.4) is 0 Å². The van der Waals surface area contributed by atoms with E-state index in [1.54, 1.807) is 0 Å². The van der Waals surface area contributed by atoms with Crippen LogP contribution < -0.4 is 0 Å². The van der Waals surface area contributed by atoms with Crippen molar-refractivity contribution < 1.29 is 4.79 Å². The van der Waals surface area contributed by atoms with E-state index in [2.05, 4.69) is 24.9 Å². The van der Waals surface area contributed by atoms with E-state index in [4.69, 9.17) is 0 Å². The van der Waals surface area contributed by atoms with E-state index in [0.29, 0.717) is 0 Å². The molecule has 0 aliphatic heterocycles. The molecule has 0 spiro atoms. The van der Waals surface area contributed by atoms with Gasteiger partial charge in [-0.1, -0.05) is 0 Å². The van der Waals surface area contributed by atoms with Crippen molar-refractivity contribution in [1.82, 2.24) is 0 Å². The van der Waals surface area contributed by atoms with Gasteiger partial charge in [-0.25, -0.2) is 0 Å². The fourth-order valence-corrected chi connectivity index (χ4v) is 17.2. The summed E-state index contributed by atoms with van der Waals surface area (Å²) in [6.45, 7) is 6.86. The van der Waals surface area contributed by atoms with Crippen molar-refractivity contribution >= 4 is 24.2 Å². The normalized spacial score (nSPS) is 12.0. The summed E-state index contributed by atoms with van der Waals surface area (Å²) < 4.78 is 6.72. The first-order valence-electron chi connectivity index (χ1n) is 9.46. The molecule has 23 heavy (non-hydrogen) atoms. The van der Waals surface area contributed by atoms with Gasteiger partial charge in [-0.15, -0.1) is 0 Å². The van der Waals surface area contributed by atoms with Gasteiger partial charge in [-0.2, -0.15) is 0 Å². The van der Waals surface area contributed by atoms with Crippen molar-refractivity contribution in [2.75, 3.05) is 0 Å². The van der Waals surface area contributed by atoms with E-state index in [0.717, 1.165) is 5.56 Å².